The van der Waals surface area contributed by atoms with Crippen LogP contribution >= 0.6 is 0 Å². The Labute approximate surface area is 122 Å². The first kappa shape index (κ1) is 13.0. The molecular formula is C17H15N3O. The fourth-order valence-corrected chi connectivity index (χ4v) is 2.19. The highest BCUT2D eigenvalue weighted by Crippen LogP contribution is 2.25. The number of aromatic nitrogens is 1. The number of nitrogens with one attached hydrogen (secondary N) is 2. The molecule has 0 amide bonds. The van der Waals surface area contributed by atoms with E-state index in [1.54, 1.807) is 18.3 Å². The summed E-state index contributed by atoms with van der Waals surface area (Å²) in [6.45, 7) is 0. The molecule has 1 aromatic heterocycles. The first-order valence-corrected chi connectivity index (χ1v) is 6.64. The summed E-state index contributed by atoms with van der Waals surface area (Å²) in [4.78, 5) is 14.8. The Morgan fingerprint density at radius 3 is 2.33 bits per heavy atom. The summed E-state index contributed by atoms with van der Waals surface area (Å²) in [6.07, 6.45) is 1.65. The summed E-state index contributed by atoms with van der Waals surface area (Å²) in [5.41, 5.74) is 9.42. The van der Waals surface area contributed by atoms with Crippen LogP contribution in [0.15, 0.2) is 71.7 Å². The molecule has 2 aromatic carbocycles. The van der Waals surface area contributed by atoms with Gasteiger partial charge in [0.1, 0.15) is 0 Å². The van der Waals surface area contributed by atoms with Gasteiger partial charge in [-0.15, -0.1) is 0 Å². The summed E-state index contributed by atoms with van der Waals surface area (Å²) in [5.74, 6) is 0. The van der Waals surface area contributed by atoms with Crippen molar-refractivity contribution in [2.45, 2.75) is 0 Å². The molecule has 0 aliphatic carbocycles. The predicted molar refractivity (Wildman–Crippen MR) is 86.6 cm³/mol. The number of para-hydroxylation sites is 2. The van der Waals surface area contributed by atoms with Crippen molar-refractivity contribution in [3.8, 4) is 11.1 Å². The zero-order valence-corrected chi connectivity index (χ0v) is 11.3. The lowest BCUT2D eigenvalue weighted by Crippen LogP contribution is -2.10. The lowest BCUT2D eigenvalue weighted by Gasteiger charge is -2.09. The third kappa shape index (κ3) is 2.79. The minimum absolute atomic E-state index is 0.161. The summed E-state index contributed by atoms with van der Waals surface area (Å²) in [6, 6.07) is 18.9. The molecule has 0 saturated heterocycles. The van der Waals surface area contributed by atoms with Crippen LogP contribution in [0.25, 0.3) is 11.1 Å². The van der Waals surface area contributed by atoms with Crippen LogP contribution in [-0.2, 0) is 0 Å². The van der Waals surface area contributed by atoms with Crippen molar-refractivity contribution in [2.24, 2.45) is 0 Å². The first-order valence-electron chi connectivity index (χ1n) is 6.64. The number of H-pyrrole nitrogens is 1. The normalized spacial score (nSPS) is 10.3. The summed E-state index contributed by atoms with van der Waals surface area (Å²) in [7, 11) is 0. The van der Waals surface area contributed by atoms with Crippen molar-refractivity contribution in [2.75, 3.05) is 11.1 Å². The second-order valence-electron chi connectivity index (χ2n) is 4.71. The summed E-state index contributed by atoms with van der Waals surface area (Å²) in [5, 5.41) is 3.25. The van der Waals surface area contributed by atoms with E-state index in [4.69, 9.17) is 5.73 Å². The topological polar surface area (TPSA) is 70.9 Å². The standard InChI is InChI=1S/C17H15N3O/c18-16-9-5-4-8-14(16)15-10-13(11-19-17(15)21)20-12-6-2-1-3-7-12/h1-11,20H,18H2,(H,19,21). The molecule has 0 atom stereocenters. The minimum Gasteiger partial charge on any atom is -0.398 e. The van der Waals surface area contributed by atoms with Gasteiger partial charge >= 0.3 is 0 Å². The molecule has 0 aliphatic heterocycles. The van der Waals surface area contributed by atoms with E-state index in [1.165, 1.54) is 0 Å². The molecule has 3 aromatic rings. The van der Waals surface area contributed by atoms with E-state index < -0.39 is 0 Å². The van der Waals surface area contributed by atoms with Crippen LogP contribution in [0.5, 0.6) is 0 Å². The summed E-state index contributed by atoms with van der Waals surface area (Å²) >= 11 is 0. The number of anilines is 3. The molecule has 21 heavy (non-hydrogen) atoms. The smallest absolute Gasteiger partial charge is 0.256 e. The Balaban J connectivity index is 2.01. The van der Waals surface area contributed by atoms with Crippen molar-refractivity contribution < 1.29 is 0 Å². The third-order valence-corrected chi connectivity index (χ3v) is 3.22. The Hall–Kier alpha value is -3.01. The highest BCUT2D eigenvalue weighted by Gasteiger charge is 2.07. The molecule has 0 aliphatic rings. The SMILES string of the molecule is Nc1ccccc1-c1cc(Nc2ccccc2)c[nH]c1=O. The molecule has 4 nitrogen and oxygen atoms in total. The Bertz CT molecular complexity index is 810. The van der Waals surface area contributed by atoms with Crippen molar-refractivity contribution >= 4 is 17.1 Å². The number of aromatic amines is 1. The van der Waals surface area contributed by atoms with Gasteiger partial charge in [-0.25, -0.2) is 0 Å². The monoisotopic (exact) mass is 277 g/mol. The number of hydrogen-bond acceptors (Lipinski definition) is 3. The lowest BCUT2D eigenvalue weighted by molar-refractivity contribution is 1.24. The number of rotatable bonds is 3. The fraction of sp³-hybridized carbons (Fsp3) is 0. The van der Waals surface area contributed by atoms with Crippen LogP contribution in [0.1, 0.15) is 0 Å². The van der Waals surface area contributed by atoms with Crippen molar-refractivity contribution in [1.82, 2.24) is 4.98 Å². The van der Waals surface area contributed by atoms with E-state index in [0.29, 0.717) is 11.3 Å². The van der Waals surface area contributed by atoms with Crippen LogP contribution in [0, 0.1) is 0 Å². The van der Waals surface area contributed by atoms with Crippen LogP contribution < -0.4 is 16.6 Å². The van der Waals surface area contributed by atoms with E-state index in [2.05, 4.69) is 10.3 Å². The maximum atomic E-state index is 12.0. The van der Waals surface area contributed by atoms with Crippen LogP contribution in [0.4, 0.5) is 17.1 Å². The number of benzene rings is 2. The molecule has 3 rings (SSSR count). The van der Waals surface area contributed by atoms with E-state index in [-0.39, 0.29) is 5.56 Å². The lowest BCUT2D eigenvalue weighted by atomic mass is 10.1. The molecule has 0 saturated carbocycles. The molecule has 4 N–H and O–H groups in total. The quantitative estimate of drug-likeness (QED) is 0.643. The fourth-order valence-electron chi connectivity index (χ4n) is 2.19. The first-order chi connectivity index (χ1) is 10.2. The zero-order valence-electron chi connectivity index (χ0n) is 11.3. The van der Waals surface area contributed by atoms with Gasteiger partial charge in [0.15, 0.2) is 0 Å². The number of pyridine rings is 1. The van der Waals surface area contributed by atoms with Gasteiger partial charge in [-0.3, -0.25) is 4.79 Å². The molecule has 104 valence electrons. The van der Waals surface area contributed by atoms with E-state index in [1.807, 2.05) is 48.5 Å². The van der Waals surface area contributed by atoms with Gasteiger partial charge in [0, 0.05) is 23.1 Å². The average molecular weight is 277 g/mol. The highest BCUT2D eigenvalue weighted by molar-refractivity contribution is 5.78. The summed E-state index contributed by atoms with van der Waals surface area (Å²) < 4.78 is 0. The molecule has 0 unspecified atom stereocenters. The average Bonchev–Trinajstić information content (AvgIpc) is 2.51. The molecule has 0 radical (unpaired) electrons. The second-order valence-corrected chi connectivity index (χ2v) is 4.71. The maximum absolute atomic E-state index is 12.0. The van der Waals surface area contributed by atoms with E-state index in [0.717, 1.165) is 16.9 Å². The van der Waals surface area contributed by atoms with Crippen LogP contribution in [-0.4, -0.2) is 4.98 Å². The zero-order chi connectivity index (χ0) is 14.7. The van der Waals surface area contributed by atoms with Crippen molar-refractivity contribution in [3.63, 3.8) is 0 Å². The number of hydrogen-bond donors (Lipinski definition) is 3. The van der Waals surface area contributed by atoms with Crippen molar-refractivity contribution in [3.05, 3.63) is 77.2 Å². The maximum Gasteiger partial charge on any atom is 0.256 e. The molecule has 0 bridgehead atoms. The number of nitrogens with two attached hydrogens (primary N) is 1. The largest absolute Gasteiger partial charge is 0.398 e. The molecule has 1 heterocycles. The van der Waals surface area contributed by atoms with Gasteiger partial charge < -0.3 is 16.0 Å². The molecule has 0 fully saturated rings. The van der Waals surface area contributed by atoms with Crippen molar-refractivity contribution in [1.29, 1.82) is 0 Å². The molecule has 4 heteroatoms. The van der Waals surface area contributed by atoms with E-state index in [9.17, 15) is 4.79 Å². The Morgan fingerprint density at radius 2 is 1.57 bits per heavy atom. The van der Waals surface area contributed by atoms with Gasteiger partial charge in [0.25, 0.3) is 5.56 Å². The Morgan fingerprint density at radius 1 is 0.857 bits per heavy atom. The van der Waals surface area contributed by atoms with Gasteiger partial charge in [-0.05, 0) is 24.3 Å². The molecule has 0 spiro atoms. The minimum atomic E-state index is -0.161. The van der Waals surface area contributed by atoms with Gasteiger partial charge in [0.2, 0.25) is 0 Å². The predicted octanol–water partition coefficient (Wildman–Crippen LogP) is 3.37. The molecular weight excluding hydrogens is 262 g/mol. The van der Waals surface area contributed by atoms with Crippen LogP contribution in [0.3, 0.4) is 0 Å². The van der Waals surface area contributed by atoms with Gasteiger partial charge in [-0.2, -0.15) is 0 Å². The highest BCUT2D eigenvalue weighted by atomic mass is 16.1. The van der Waals surface area contributed by atoms with Gasteiger partial charge in [-0.1, -0.05) is 36.4 Å². The second kappa shape index (κ2) is 5.54. The Kier molecular flexibility index (Phi) is 3.43. The number of nitrogen functional groups attached to an aromatic ring is 1. The van der Waals surface area contributed by atoms with Gasteiger partial charge in [0.05, 0.1) is 11.3 Å². The third-order valence-electron chi connectivity index (χ3n) is 3.22. The van der Waals surface area contributed by atoms with E-state index >= 15 is 0 Å². The van der Waals surface area contributed by atoms with Crippen LogP contribution in [0.2, 0.25) is 0 Å².